The van der Waals surface area contributed by atoms with E-state index in [0.717, 1.165) is 95.8 Å². The predicted octanol–water partition coefficient (Wildman–Crippen LogP) is 21.3. The van der Waals surface area contributed by atoms with E-state index in [1.807, 2.05) is 0 Å². The van der Waals surface area contributed by atoms with Gasteiger partial charge in [0.1, 0.15) is 19.3 Å². The van der Waals surface area contributed by atoms with Gasteiger partial charge in [-0.2, -0.15) is 0 Å². The van der Waals surface area contributed by atoms with Gasteiger partial charge in [-0.15, -0.1) is 0 Å². The molecule has 0 aliphatic heterocycles. The number of esters is 4. The number of aliphatic hydroxyl groups is 1. The van der Waals surface area contributed by atoms with Crippen LogP contribution < -0.4 is 0 Å². The van der Waals surface area contributed by atoms with E-state index in [9.17, 15) is 43.2 Å². The van der Waals surface area contributed by atoms with Crippen LogP contribution in [0.15, 0.2) is 0 Å². The Morgan fingerprint density at radius 3 is 0.739 bits per heavy atom. The van der Waals surface area contributed by atoms with Gasteiger partial charge in [-0.1, -0.05) is 330 Å². The molecular formula is C73H142O17P2. The summed E-state index contributed by atoms with van der Waals surface area (Å²) < 4.78 is 68.4. The van der Waals surface area contributed by atoms with Crippen LogP contribution in [0.3, 0.4) is 0 Å². The highest BCUT2D eigenvalue weighted by molar-refractivity contribution is 7.47. The van der Waals surface area contributed by atoms with Crippen molar-refractivity contribution in [1.82, 2.24) is 0 Å². The van der Waals surface area contributed by atoms with E-state index >= 15 is 0 Å². The maximum Gasteiger partial charge on any atom is 0.472 e. The molecule has 0 aromatic rings. The fourth-order valence-electron chi connectivity index (χ4n) is 11.2. The molecule has 17 nitrogen and oxygen atoms in total. The molecule has 2 unspecified atom stereocenters. The molecular weight excluding hydrogens is 1210 g/mol. The van der Waals surface area contributed by atoms with Crippen LogP contribution in [-0.4, -0.2) is 96.7 Å². The van der Waals surface area contributed by atoms with Gasteiger partial charge in [-0.25, -0.2) is 9.13 Å². The Labute approximate surface area is 562 Å². The first-order valence-electron chi connectivity index (χ1n) is 38.1. The minimum atomic E-state index is -4.95. The van der Waals surface area contributed by atoms with Crippen molar-refractivity contribution < 1.29 is 80.2 Å². The third-order valence-electron chi connectivity index (χ3n) is 17.0. The van der Waals surface area contributed by atoms with Gasteiger partial charge in [0.2, 0.25) is 0 Å². The van der Waals surface area contributed by atoms with Crippen molar-refractivity contribution >= 4 is 39.5 Å². The second-order valence-corrected chi connectivity index (χ2v) is 29.7. The zero-order valence-electron chi connectivity index (χ0n) is 59.7. The number of phosphoric ester groups is 2. The van der Waals surface area contributed by atoms with Crippen LogP contribution in [-0.2, 0) is 65.4 Å². The van der Waals surface area contributed by atoms with Crippen LogP contribution in [0.25, 0.3) is 0 Å². The van der Waals surface area contributed by atoms with E-state index < -0.39 is 97.5 Å². The Morgan fingerprint density at radius 1 is 0.293 bits per heavy atom. The topological polar surface area (TPSA) is 237 Å². The largest absolute Gasteiger partial charge is 0.472 e. The molecule has 0 rings (SSSR count). The lowest BCUT2D eigenvalue weighted by Crippen LogP contribution is -2.30. The molecule has 0 heterocycles. The lowest BCUT2D eigenvalue weighted by molar-refractivity contribution is -0.161. The maximum atomic E-state index is 13.1. The molecule has 92 heavy (non-hydrogen) atoms. The first-order valence-corrected chi connectivity index (χ1v) is 41.1. The SMILES string of the molecule is CCCCCCCCCCCCCCCCCCCCC(=O)O[C@H](COC(=O)CCCCCCCCCCCCCCCC)COP(=O)(O)OC[C@@H](O)COP(=O)(O)OC[C@@H](COC(=O)CCCCCCCCCCC)OC(=O)CCCCCCCCCCC(C)C. The van der Waals surface area contributed by atoms with Crippen LogP contribution in [0.1, 0.15) is 381 Å². The summed E-state index contributed by atoms with van der Waals surface area (Å²) in [7, 11) is -9.90. The number of unbranched alkanes of at least 4 members (excludes halogenated alkanes) is 45. The minimum Gasteiger partial charge on any atom is -0.462 e. The molecule has 0 aliphatic carbocycles. The number of ether oxygens (including phenoxy) is 4. The maximum absolute atomic E-state index is 13.1. The van der Waals surface area contributed by atoms with E-state index in [0.29, 0.717) is 25.7 Å². The van der Waals surface area contributed by atoms with Crippen molar-refractivity contribution in [3.8, 4) is 0 Å². The summed E-state index contributed by atoms with van der Waals surface area (Å²) in [6, 6.07) is 0. The molecule has 0 spiro atoms. The molecule has 0 bridgehead atoms. The molecule has 0 aliphatic rings. The van der Waals surface area contributed by atoms with Crippen LogP contribution in [0.4, 0.5) is 0 Å². The molecule has 0 saturated carbocycles. The standard InChI is InChI=1S/C73H142O17P2/c1-6-9-12-15-18-21-23-25-27-28-29-30-32-34-37-43-48-53-58-72(77)89-68(63-84-71(76)57-52-47-42-36-33-31-26-24-22-19-16-13-10-7-2)64-87-91(79,80)85-60-67(74)61-86-92(81,82)88-65-69(62-83-70(75)56-51-46-41-35-20-17-14-11-8-3)90-73(78)59-54-49-44-39-38-40-45-50-55-66(4)5/h66-69,74H,6-65H2,1-5H3,(H,79,80)(H,81,82)/t67-,68-,69-/m1/s1. The molecule has 5 atom stereocenters. The Hall–Kier alpha value is -1.94. The average molecular weight is 1350 g/mol. The molecule has 546 valence electrons. The van der Waals surface area contributed by atoms with Crippen molar-refractivity contribution in [1.29, 1.82) is 0 Å². The van der Waals surface area contributed by atoms with Crippen molar-refractivity contribution in [3.63, 3.8) is 0 Å². The summed E-state index contributed by atoms with van der Waals surface area (Å²) in [6.45, 7) is 7.22. The second-order valence-electron chi connectivity index (χ2n) is 26.8. The first-order chi connectivity index (χ1) is 44.5. The van der Waals surface area contributed by atoms with Crippen molar-refractivity contribution in [3.05, 3.63) is 0 Å². The average Bonchev–Trinajstić information content (AvgIpc) is 2.09. The number of aliphatic hydroxyl groups excluding tert-OH is 1. The van der Waals surface area contributed by atoms with Gasteiger partial charge in [0.15, 0.2) is 12.2 Å². The summed E-state index contributed by atoms with van der Waals surface area (Å²) in [4.78, 5) is 72.6. The number of phosphoric acid groups is 2. The zero-order valence-corrected chi connectivity index (χ0v) is 61.5. The van der Waals surface area contributed by atoms with Crippen LogP contribution in [0, 0.1) is 5.92 Å². The smallest absolute Gasteiger partial charge is 0.462 e. The Bertz CT molecular complexity index is 1770. The van der Waals surface area contributed by atoms with E-state index in [1.54, 1.807) is 0 Å². The van der Waals surface area contributed by atoms with Crippen LogP contribution >= 0.6 is 15.6 Å². The summed E-state index contributed by atoms with van der Waals surface area (Å²) >= 11 is 0. The van der Waals surface area contributed by atoms with Gasteiger partial charge in [-0.3, -0.25) is 37.3 Å². The van der Waals surface area contributed by atoms with Gasteiger partial charge in [0, 0.05) is 25.7 Å². The third kappa shape index (κ3) is 66.7. The Balaban J connectivity index is 5.22. The van der Waals surface area contributed by atoms with Crippen molar-refractivity contribution in [2.45, 2.75) is 400 Å². The van der Waals surface area contributed by atoms with Crippen molar-refractivity contribution in [2.24, 2.45) is 5.92 Å². The molecule has 3 N–H and O–H groups in total. The predicted molar refractivity (Wildman–Crippen MR) is 372 cm³/mol. The fraction of sp³-hybridized carbons (Fsp3) is 0.945. The lowest BCUT2D eigenvalue weighted by atomic mass is 10.0. The number of rotatable bonds is 73. The fourth-order valence-corrected chi connectivity index (χ4v) is 12.8. The van der Waals surface area contributed by atoms with E-state index in [2.05, 4.69) is 34.6 Å². The van der Waals surface area contributed by atoms with E-state index in [1.165, 1.54) is 205 Å². The second kappa shape index (κ2) is 66.3. The van der Waals surface area contributed by atoms with Gasteiger partial charge in [-0.05, 0) is 31.6 Å². The molecule has 0 fully saturated rings. The van der Waals surface area contributed by atoms with Crippen LogP contribution in [0.5, 0.6) is 0 Å². The van der Waals surface area contributed by atoms with Crippen LogP contribution in [0.2, 0.25) is 0 Å². The first kappa shape index (κ1) is 90.1. The molecule has 0 aromatic heterocycles. The van der Waals surface area contributed by atoms with Gasteiger partial charge in [0.05, 0.1) is 26.4 Å². The summed E-state index contributed by atoms with van der Waals surface area (Å²) in [5.41, 5.74) is 0. The van der Waals surface area contributed by atoms with Gasteiger partial charge < -0.3 is 33.8 Å². The summed E-state index contributed by atoms with van der Waals surface area (Å²) in [5.74, 6) is -1.40. The minimum absolute atomic E-state index is 0.105. The van der Waals surface area contributed by atoms with E-state index in [-0.39, 0.29) is 25.7 Å². The molecule has 19 heteroatoms. The quantitative estimate of drug-likeness (QED) is 0.0222. The normalized spacial score (nSPS) is 14.0. The summed E-state index contributed by atoms with van der Waals surface area (Å²) in [6.07, 6.45) is 54.1. The highest BCUT2D eigenvalue weighted by atomic mass is 31.2. The third-order valence-corrected chi connectivity index (χ3v) is 18.9. The monoisotopic (exact) mass is 1350 g/mol. The zero-order chi connectivity index (χ0) is 67.7. The Kier molecular flexibility index (Phi) is 64.9. The van der Waals surface area contributed by atoms with E-state index in [4.69, 9.17) is 37.0 Å². The molecule has 0 amide bonds. The number of hydrogen-bond acceptors (Lipinski definition) is 15. The Morgan fingerprint density at radius 2 is 0.500 bits per heavy atom. The van der Waals surface area contributed by atoms with Crippen molar-refractivity contribution in [2.75, 3.05) is 39.6 Å². The number of hydrogen-bond donors (Lipinski definition) is 3. The molecule has 0 saturated heterocycles. The number of carbonyl (C=O) groups excluding carboxylic acids is 4. The molecule has 0 aromatic carbocycles. The summed E-state index contributed by atoms with van der Waals surface area (Å²) in [5, 5.41) is 10.6. The highest BCUT2D eigenvalue weighted by Crippen LogP contribution is 2.45. The highest BCUT2D eigenvalue weighted by Gasteiger charge is 2.30. The van der Waals surface area contributed by atoms with Gasteiger partial charge in [0.25, 0.3) is 0 Å². The lowest BCUT2D eigenvalue weighted by Gasteiger charge is -2.21. The number of carbonyl (C=O) groups is 4. The molecule has 0 radical (unpaired) electrons. The van der Waals surface area contributed by atoms with Gasteiger partial charge >= 0.3 is 39.5 Å².